The van der Waals surface area contributed by atoms with Gasteiger partial charge in [-0.05, 0) is 41.5 Å². The predicted octanol–water partition coefficient (Wildman–Crippen LogP) is 4.44. The Balaban J connectivity index is 2.03. The standard InChI is InChI=1S/C19H18O/c20-19-13-7-12-17(19)18(16-10-5-2-6-11-16)14-15-8-3-1-4-9-15/h1-6,8-11H,7,12-14H2/b18-17+. The molecular weight excluding hydrogens is 244 g/mol. The van der Waals surface area contributed by atoms with Crippen LogP contribution < -0.4 is 0 Å². The monoisotopic (exact) mass is 262 g/mol. The van der Waals surface area contributed by atoms with Gasteiger partial charge in [-0.3, -0.25) is 4.79 Å². The Bertz CT molecular complexity index is 623. The summed E-state index contributed by atoms with van der Waals surface area (Å²) in [7, 11) is 0. The van der Waals surface area contributed by atoms with Crippen LogP contribution in [0.4, 0.5) is 0 Å². The summed E-state index contributed by atoms with van der Waals surface area (Å²) in [5.41, 5.74) is 4.69. The van der Waals surface area contributed by atoms with Gasteiger partial charge in [0.05, 0.1) is 0 Å². The highest BCUT2D eigenvalue weighted by Crippen LogP contribution is 2.31. The van der Waals surface area contributed by atoms with Gasteiger partial charge in [0, 0.05) is 6.42 Å². The van der Waals surface area contributed by atoms with E-state index in [0.29, 0.717) is 12.2 Å². The van der Waals surface area contributed by atoms with Crippen LogP contribution in [0.15, 0.2) is 66.2 Å². The molecule has 1 heteroatoms. The fraction of sp³-hybridized carbons (Fsp3) is 0.211. The highest BCUT2D eigenvalue weighted by molar-refractivity contribution is 6.04. The molecule has 1 saturated carbocycles. The highest BCUT2D eigenvalue weighted by Gasteiger charge is 2.21. The van der Waals surface area contributed by atoms with E-state index >= 15 is 0 Å². The minimum Gasteiger partial charge on any atom is -0.295 e. The van der Waals surface area contributed by atoms with Gasteiger partial charge in [-0.1, -0.05) is 60.7 Å². The van der Waals surface area contributed by atoms with Gasteiger partial charge in [0.2, 0.25) is 0 Å². The van der Waals surface area contributed by atoms with Crippen molar-refractivity contribution in [2.75, 3.05) is 0 Å². The van der Waals surface area contributed by atoms with Crippen LogP contribution in [0, 0.1) is 0 Å². The quantitative estimate of drug-likeness (QED) is 0.747. The van der Waals surface area contributed by atoms with Gasteiger partial charge in [-0.2, -0.15) is 0 Å². The Kier molecular flexibility index (Phi) is 3.78. The van der Waals surface area contributed by atoms with E-state index in [1.54, 1.807) is 0 Å². The molecule has 0 amide bonds. The third-order valence-electron chi connectivity index (χ3n) is 3.88. The molecule has 20 heavy (non-hydrogen) atoms. The fourth-order valence-corrected chi connectivity index (χ4v) is 2.86. The summed E-state index contributed by atoms with van der Waals surface area (Å²) in [4.78, 5) is 12.1. The van der Waals surface area contributed by atoms with Crippen molar-refractivity contribution in [2.45, 2.75) is 25.7 Å². The zero-order valence-electron chi connectivity index (χ0n) is 11.5. The van der Waals surface area contributed by atoms with Crippen molar-refractivity contribution >= 4 is 11.4 Å². The van der Waals surface area contributed by atoms with E-state index in [1.807, 2.05) is 24.3 Å². The Morgan fingerprint density at radius 3 is 2.10 bits per heavy atom. The second-order valence-corrected chi connectivity index (χ2v) is 5.26. The summed E-state index contributed by atoms with van der Waals surface area (Å²) < 4.78 is 0. The van der Waals surface area contributed by atoms with Crippen molar-refractivity contribution in [3.05, 3.63) is 77.4 Å². The van der Waals surface area contributed by atoms with Crippen LogP contribution in [0.2, 0.25) is 0 Å². The molecule has 0 saturated heterocycles. The first-order chi connectivity index (χ1) is 9.84. The molecule has 0 radical (unpaired) electrons. The number of hydrogen-bond donors (Lipinski definition) is 0. The Hall–Kier alpha value is -2.15. The van der Waals surface area contributed by atoms with Gasteiger partial charge < -0.3 is 0 Å². The predicted molar refractivity (Wildman–Crippen MR) is 82.4 cm³/mol. The summed E-state index contributed by atoms with van der Waals surface area (Å²) in [5.74, 6) is 0.333. The van der Waals surface area contributed by atoms with E-state index in [0.717, 1.165) is 24.8 Å². The van der Waals surface area contributed by atoms with Gasteiger partial charge in [0.25, 0.3) is 0 Å². The van der Waals surface area contributed by atoms with Crippen molar-refractivity contribution in [2.24, 2.45) is 0 Å². The average Bonchev–Trinajstić information content (AvgIpc) is 2.93. The van der Waals surface area contributed by atoms with Crippen molar-refractivity contribution in [1.29, 1.82) is 0 Å². The molecule has 0 N–H and O–H groups in total. The van der Waals surface area contributed by atoms with Crippen molar-refractivity contribution < 1.29 is 4.79 Å². The number of carbonyl (C=O) groups excluding carboxylic acids is 1. The van der Waals surface area contributed by atoms with E-state index in [4.69, 9.17) is 0 Å². The summed E-state index contributed by atoms with van der Waals surface area (Å²) in [6.45, 7) is 0. The van der Waals surface area contributed by atoms with Crippen LogP contribution >= 0.6 is 0 Å². The fourth-order valence-electron chi connectivity index (χ4n) is 2.86. The molecule has 1 aliphatic carbocycles. The smallest absolute Gasteiger partial charge is 0.159 e. The molecule has 1 aliphatic rings. The SMILES string of the molecule is O=C1CCC/C1=C(/Cc1ccccc1)c1ccccc1. The molecule has 0 aromatic heterocycles. The molecule has 0 atom stereocenters. The first-order valence-electron chi connectivity index (χ1n) is 7.19. The molecule has 0 aliphatic heterocycles. The lowest BCUT2D eigenvalue weighted by atomic mass is 9.92. The zero-order chi connectivity index (χ0) is 13.8. The minimum absolute atomic E-state index is 0.333. The van der Waals surface area contributed by atoms with Gasteiger partial charge >= 0.3 is 0 Å². The van der Waals surface area contributed by atoms with Gasteiger partial charge in [-0.25, -0.2) is 0 Å². The average molecular weight is 262 g/mol. The van der Waals surface area contributed by atoms with Gasteiger partial charge in [-0.15, -0.1) is 0 Å². The second kappa shape index (κ2) is 5.87. The van der Waals surface area contributed by atoms with Crippen LogP contribution in [0.3, 0.4) is 0 Å². The maximum atomic E-state index is 12.1. The molecule has 2 aromatic rings. The van der Waals surface area contributed by atoms with Crippen molar-refractivity contribution in [3.8, 4) is 0 Å². The molecule has 3 rings (SSSR count). The maximum absolute atomic E-state index is 12.1. The molecule has 1 nitrogen and oxygen atoms in total. The summed E-state index contributed by atoms with van der Waals surface area (Å²) in [6.07, 6.45) is 3.47. The molecule has 0 unspecified atom stereocenters. The van der Waals surface area contributed by atoms with Crippen LogP contribution in [0.5, 0.6) is 0 Å². The lowest BCUT2D eigenvalue weighted by Gasteiger charge is -2.12. The largest absolute Gasteiger partial charge is 0.295 e. The van der Waals surface area contributed by atoms with E-state index in [-0.39, 0.29) is 0 Å². The Morgan fingerprint density at radius 2 is 1.50 bits per heavy atom. The number of hydrogen-bond acceptors (Lipinski definition) is 1. The second-order valence-electron chi connectivity index (χ2n) is 5.26. The summed E-state index contributed by atoms with van der Waals surface area (Å²) >= 11 is 0. The molecule has 0 bridgehead atoms. The number of carbonyl (C=O) groups is 1. The number of rotatable bonds is 3. The first kappa shape index (κ1) is 12.9. The Morgan fingerprint density at radius 1 is 0.850 bits per heavy atom. The summed E-state index contributed by atoms with van der Waals surface area (Å²) in [5, 5.41) is 0. The van der Waals surface area contributed by atoms with Gasteiger partial charge in [0.15, 0.2) is 5.78 Å². The van der Waals surface area contributed by atoms with E-state index in [1.165, 1.54) is 16.7 Å². The highest BCUT2D eigenvalue weighted by atomic mass is 16.1. The number of ketones is 1. The van der Waals surface area contributed by atoms with Crippen LogP contribution in [0.1, 0.15) is 30.4 Å². The molecular formula is C19H18O. The number of benzene rings is 2. The van der Waals surface area contributed by atoms with E-state index in [9.17, 15) is 4.79 Å². The van der Waals surface area contributed by atoms with Crippen LogP contribution in [0.25, 0.3) is 5.57 Å². The van der Waals surface area contributed by atoms with Crippen LogP contribution in [-0.2, 0) is 11.2 Å². The van der Waals surface area contributed by atoms with E-state index in [2.05, 4.69) is 36.4 Å². The first-order valence-corrected chi connectivity index (χ1v) is 7.19. The molecule has 2 aromatic carbocycles. The molecule has 0 spiro atoms. The number of allylic oxidation sites excluding steroid dienone is 2. The minimum atomic E-state index is 0.333. The molecule has 0 heterocycles. The topological polar surface area (TPSA) is 17.1 Å². The van der Waals surface area contributed by atoms with Crippen molar-refractivity contribution in [3.63, 3.8) is 0 Å². The lowest BCUT2D eigenvalue weighted by molar-refractivity contribution is -0.114. The van der Waals surface area contributed by atoms with E-state index < -0.39 is 0 Å². The maximum Gasteiger partial charge on any atom is 0.159 e. The molecule has 1 fully saturated rings. The third-order valence-corrected chi connectivity index (χ3v) is 3.88. The van der Waals surface area contributed by atoms with Gasteiger partial charge in [0.1, 0.15) is 0 Å². The number of Topliss-reactive ketones (excluding diaryl/α,β-unsaturated/α-hetero) is 1. The lowest BCUT2D eigenvalue weighted by Crippen LogP contribution is -2.00. The molecule has 100 valence electrons. The normalized spacial score (nSPS) is 17.3. The third kappa shape index (κ3) is 2.72. The van der Waals surface area contributed by atoms with Crippen LogP contribution in [-0.4, -0.2) is 5.78 Å². The zero-order valence-corrected chi connectivity index (χ0v) is 11.5. The van der Waals surface area contributed by atoms with Crippen molar-refractivity contribution in [1.82, 2.24) is 0 Å². The Labute approximate surface area is 120 Å². The summed E-state index contributed by atoms with van der Waals surface area (Å²) in [6, 6.07) is 20.7.